The molecular weight excluding hydrogens is 373 g/mol. The van der Waals surface area contributed by atoms with Crippen LogP contribution in [-0.4, -0.2) is 16.8 Å². The van der Waals surface area contributed by atoms with Crippen molar-refractivity contribution in [2.24, 2.45) is 0 Å². The molecule has 0 aliphatic rings. The van der Waals surface area contributed by atoms with Crippen LogP contribution in [0.25, 0.3) is 22.2 Å². The number of hydrogen-bond donors (Lipinski definition) is 3. The lowest BCUT2D eigenvalue weighted by molar-refractivity contribution is -0.121. The zero-order chi connectivity index (χ0) is 20.2. The second kappa shape index (κ2) is 8.02. The maximum atomic E-state index is 13.8. The van der Waals surface area contributed by atoms with E-state index in [2.05, 4.69) is 15.8 Å². The lowest BCUT2D eigenvalue weighted by Gasteiger charge is -2.06. The van der Waals surface area contributed by atoms with Gasteiger partial charge in [-0.1, -0.05) is 30.3 Å². The van der Waals surface area contributed by atoms with E-state index in [1.807, 2.05) is 24.3 Å². The molecule has 0 aliphatic carbocycles. The van der Waals surface area contributed by atoms with Gasteiger partial charge in [-0.3, -0.25) is 20.4 Å². The molecule has 0 bridgehead atoms. The van der Waals surface area contributed by atoms with Gasteiger partial charge in [0.05, 0.1) is 11.1 Å². The van der Waals surface area contributed by atoms with E-state index in [4.69, 9.17) is 4.42 Å². The van der Waals surface area contributed by atoms with Gasteiger partial charge in [-0.2, -0.15) is 0 Å². The van der Waals surface area contributed by atoms with Crippen molar-refractivity contribution in [2.75, 3.05) is 0 Å². The molecule has 0 fully saturated rings. The normalized spacial score (nSPS) is 10.8. The van der Waals surface area contributed by atoms with Crippen molar-refractivity contribution in [3.63, 3.8) is 0 Å². The van der Waals surface area contributed by atoms with Crippen LogP contribution in [0.4, 0.5) is 4.39 Å². The van der Waals surface area contributed by atoms with Crippen LogP contribution in [0.5, 0.6) is 0 Å². The Hall–Kier alpha value is -3.87. The summed E-state index contributed by atoms with van der Waals surface area (Å²) in [5.41, 5.74) is 6.47. The number of fused-ring (bicyclic) bond motifs is 1. The quantitative estimate of drug-likeness (QED) is 0.450. The van der Waals surface area contributed by atoms with Crippen molar-refractivity contribution in [1.29, 1.82) is 0 Å². The molecule has 0 spiro atoms. The predicted octanol–water partition coefficient (Wildman–Crippen LogP) is 3.96. The molecule has 2 aromatic heterocycles. The molecule has 6 nitrogen and oxygen atoms in total. The van der Waals surface area contributed by atoms with Gasteiger partial charge < -0.3 is 9.40 Å². The minimum absolute atomic E-state index is 0.110. The molecule has 146 valence electrons. The molecule has 29 heavy (non-hydrogen) atoms. The molecule has 2 heterocycles. The Kier molecular flexibility index (Phi) is 5.11. The molecule has 0 unspecified atom stereocenters. The first-order chi connectivity index (χ1) is 14.1. The minimum atomic E-state index is -0.407. The van der Waals surface area contributed by atoms with E-state index in [1.54, 1.807) is 36.5 Å². The average Bonchev–Trinajstić information content (AvgIpc) is 3.38. The standard InChI is InChI=1S/C22H18FN3O3/c23-18-7-3-1-6-16(18)20-11-9-14(29-20)10-12-21(27)25-26-22(28)17-13-24-19-8-4-2-5-15(17)19/h1-9,11,13,24H,10,12H2,(H,25,27)(H,26,28). The lowest BCUT2D eigenvalue weighted by atomic mass is 10.1. The zero-order valence-corrected chi connectivity index (χ0v) is 15.4. The van der Waals surface area contributed by atoms with Crippen LogP contribution in [0.1, 0.15) is 22.5 Å². The van der Waals surface area contributed by atoms with Crippen LogP contribution >= 0.6 is 0 Å². The number of H-pyrrole nitrogens is 1. The fourth-order valence-electron chi connectivity index (χ4n) is 3.07. The van der Waals surface area contributed by atoms with Gasteiger partial charge in [-0.15, -0.1) is 0 Å². The van der Waals surface area contributed by atoms with Crippen LogP contribution in [0.2, 0.25) is 0 Å². The monoisotopic (exact) mass is 391 g/mol. The summed E-state index contributed by atoms with van der Waals surface area (Å²) >= 11 is 0. The minimum Gasteiger partial charge on any atom is -0.461 e. The number of halogens is 1. The van der Waals surface area contributed by atoms with Crippen LogP contribution in [0.15, 0.2) is 71.3 Å². The summed E-state index contributed by atoms with van der Waals surface area (Å²) in [7, 11) is 0. The summed E-state index contributed by atoms with van der Waals surface area (Å²) < 4.78 is 19.4. The molecule has 0 atom stereocenters. The number of aromatic nitrogens is 1. The van der Waals surface area contributed by atoms with Crippen LogP contribution < -0.4 is 10.9 Å². The molecule has 4 rings (SSSR count). The number of furan rings is 1. The SMILES string of the molecule is O=C(CCc1ccc(-c2ccccc2F)o1)NNC(=O)c1c[nH]c2ccccc12. The van der Waals surface area contributed by atoms with Crippen molar-refractivity contribution in [3.05, 3.63) is 84.0 Å². The van der Waals surface area contributed by atoms with Crippen molar-refractivity contribution >= 4 is 22.7 Å². The third kappa shape index (κ3) is 4.03. The Bertz CT molecular complexity index is 1180. The molecule has 0 saturated carbocycles. The summed E-state index contributed by atoms with van der Waals surface area (Å²) in [5, 5.41) is 0.774. The van der Waals surface area contributed by atoms with Gasteiger partial charge in [0.2, 0.25) is 5.91 Å². The highest BCUT2D eigenvalue weighted by molar-refractivity contribution is 6.07. The molecule has 7 heteroatoms. The number of nitrogens with one attached hydrogen (secondary N) is 3. The first-order valence-corrected chi connectivity index (χ1v) is 9.11. The summed E-state index contributed by atoms with van der Waals surface area (Å²) in [6, 6.07) is 17.1. The zero-order valence-electron chi connectivity index (χ0n) is 15.4. The highest BCUT2D eigenvalue weighted by Crippen LogP contribution is 2.25. The Labute approximate surface area is 165 Å². The van der Waals surface area contributed by atoms with Gasteiger partial charge in [-0.25, -0.2) is 4.39 Å². The van der Waals surface area contributed by atoms with E-state index >= 15 is 0 Å². The molecule has 2 amide bonds. The maximum Gasteiger partial charge on any atom is 0.271 e. The van der Waals surface area contributed by atoms with E-state index in [1.165, 1.54) is 6.07 Å². The lowest BCUT2D eigenvalue weighted by Crippen LogP contribution is -2.41. The van der Waals surface area contributed by atoms with E-state index in [-0.39, 0.29) is 18.1 Å². The van der Waals surface area contributed by atoms with Crippen molar-refractivity contribution in [2.45, 2.75) is 12.8 Å². The third-order valence-corrected chi connectivity index (χ3v) is 4.55. The summed E-state index contributed by atoms with van der Waals surface area (Å²) in [4.78, 5) is 27.4. The molecule has 0 saturated heterocycles. The Morgan fingerprint density at radius 2 is 1.76 bits per heavy atom. The number of aryl methyl sites for hydroxylation is 1. The fourth-order valence-corrected chi connectivity index (χ4v) is 3.07. The fraction of sp³-hybridized carbons (Fsp3) is 0.0909. The third-order valence-electron chi connectivity index (χ3n) is 4.55. The first-order valence-electron chi connectivity index (χ1n) is 9.11. The summed E-state index contributed by atoms with van der Waals surface area (Å²) in [6.45, 7) is 0. The van der Waals surface area contributed by atoms with E-state index in [0.717, 1.165) is 10.9 Å². The van der Waals surface area contributed by atoms with Crippen LogP contribution in [-0.2, 0) is 11.2 Å². The summed E-state index contributed by atoms with van der Waals surface area (Å²) in [5.74, 6) is -0.170. The van der Waals surface area contributed by atoms with Gasteiger partial charge in [0.15, 0.2) is 0 Å². The van der Waals surface area contributed by atoms with Crippen molar-refractivity contribution < 1.29 is 18.4 Å². The number of hydrazine groups is 1. The molecule has 4 aromatic rings. The van der Waals surface area contributed by atoms with Gasteiger partial charge in [0.1, 0.15) is 17.3 Å². The molecule has 0 aliphatic heterocycles. The van der Waals surface area contributed by atoms with Gasteiger partial charge in [0, 0.05) is 29.9 Å². The second-order valence-electron chi connectivity index (χ2n) is 6.50. The number of hydrogen-bond acceptors (Lipinski definition) is 3. The number of amides is 2. The Morgan fingerprint density at radius 1 is 0.966 bits per heavy atom. The number of rotatable bonds is 5. The van der Waals surface area contributed by atoms with Crippen molar-refractivity contribution in [1.82, 2.24) is 15.8 Å². The van der Waals surface area contributed by atoms with Gasteiger partial charge in [0.25, 0.3) is 5.91 Å². The molecule has 0 radical (unpaired) electrons. The van der Waals surface area contributed by atoms with Gasteiger partial charge >= 0.3 is 0 Å². The molecular formula is C22H18FN3O3. The van der Waals surface area contributed by atoms with Crippen molar-refractivity contribution in [3.8, 4) is 11.3 Å². The largest absolute Gasteiger partial charge is 0.461 e. The number of para-hydroxylation sites is 1. The molecule has 2 aromatic carbocycles. The number of benzene rings is 2. The predicted molar refractivity (Wildman–Crippen MR) is 106 cm³/mol. The van der Waals surface area contributed by atoms with E-state index in [9.17, 15) is 14.0 Å². The second-order valence-corrected chi connectivity index (χ2v) is 6.50. The van der Waals surface area contributed by atoms with E-state index in [0.29, 0.717) is 29.1 Å². The number of aromatic amines is 1. The summed E-state index contributed by atoms with van der Waals surface area (Å²) in [6.07, 6.45) is 2.03. The molecule has 3 N–H and O–H groups in total. The van der Waals surface area contributed by atoms with Gasteiger partial charge in [-0.05, 0) is 30.3 Å². The Balaban J connectivity index is 1.30. The van der Waals surface area contributed by atoms with E-state index < -0.39 is 5.91 Å². The first kappa shape index (κ1) is 18.5. The highest BCUT2D eigenvalue weighted by Gasteiger charge is 2.13. The highest BCUT2D eigenvalue weighted by atomic mass is 19.1. The smallest absolute Gasteiger partial charge is 0.271 e. The van der Waals surface area contributed by atoms with Crippen LogP contribution in [0, 0.1) is 5.82 Å². The number of carbonyl (C=O) groups is 2. The average molecular weight is 391 g/mol. The Morgan fingerprint density at radius 3 is 2.62 bits per heavy atom. The maximum absolute atomic E-state index is 13.8. The van der Waals surface area contributed by atoms with Crippen LogP contribution in [0.3, 0.4) is 0 Å². The number of carbonyl (C=O) groups excluding carboxylic acids is 2. The topological polar surface area (TPSA) is 87.1 Å².